The Morgan fingerprint density at radius 2 is 1.15 bits per heavy atom. The van der Waals surface area contributed by atoms with Gasteiger partial charge in [0, 0.05) is 31.4 Å². The largest absolute Gasteiger partial charge is 0.480 e. The SMILES string of the molecule is NCC(=O)Nc1ccc(CC[C@H](CN(CCN(CC(=O)O)CC(=O)O)CC(=O)O)N(CC(=O)O)CC(=O)O)cc1. The first-order valence-corrected chi connectivity index (χ1v) is 12.2. The lowest BCUT2D eigenvalue weighted by Gasteiger charge is -2.34. The quantitative estimate of drug-likeness (QED) is 0.0863. The van der Waals surface area contributed by atoms with Crippen molar-refractivity contribution in [3.63, 3.8) is 0 Å². The number of nitrogens with two attached hydrogens (primary N) is 1. The van der Waals surface area contributed by atoms with Crippen molar-refractivity contribution in [3.05, 3.63) is 29.8 Å². The first-order chi connectivity index (χ1) is 18.8. The third-order valence-corrected chi connectivity index (χ3v) is 5.66. The number of nitrogens with zero attached hydrogens (tertiary/aromatic N) is 3. The van der Waals surface area contributed by atoms with E-state index in [2.05, 4.69) is 5.32 Å². The van der Waals surface area contributed by atoms with Crippen molar-refractivity contribution in [2.45, 2.75) is 18.9 Å². The predicted octanol–water partition coefficient (Wildman–Crippen LogP) is -1.79. The number of carboxylic acids is 5. The van der Waals surface area contributed by atoms with Crippen LogP contribution in [0.3, 0.4) is 0 Å². The highest BCUT2D eigenvalue weighted by Crippen LogP contribution is 2.15. The predicted molar refractivity (Wildman–Crippen MR) is 139 cm³/mol. The van der Waals surface area contributed by atoms with Crippen LogP contribution in [0.2, 0.25) is 0 Å². The Labute approximate surface area is 229 Å². The standard InChI is InChI=1S/C24H35N5O11/c25-9-19(30)26-17-4-1-16(2-5-17)3-6-18(29(14-23(37)38)15-24(39)40)10-27(11-20(31)32)7-8-28(12-21(33)34)13-22(35)36/h1-2,4-5,18H,3,6-15,25H2,(H,26,30)(H,31,32)(H,33,34)(H,35,36)(H,37,38)(H,39,40)/t18-/m1/s1. The molecule has 0 aliphatic rings. The van der Waals surface area contributed by atoms with E-state index in [0.717, 1.165) is 10.5 Å². The summed E-state index contributed by atoms with van der Waals surface area (Å²) in [6.45, 7) is -3.47. The average molecular weight is 570 g/mol. The van der Waals surface area contributed by atoms with E-state index < -0.39 is 68.6 Å². The number of carboxylic acid groups (broad SMARTS) is 5. The number of carbonyl (C=O) groups excluding carboxylic acids is 1. The smallest absolute Gasteiger partial charge is 0.317 e. The number of hydrogen-bond acceptors (Lipinski definition) is 10. The Balaban J connectivity index is 3.15. The van der Waals surface area contributed by atoms with Gasteiger partial charge in [-0.1, -0.05) is 12.1 Å². The van der Waals surface area contributed by atoms with E-state index in [1.165, 1.54) is 9.80 Å². The molecule has 0 fully saturated rings. The lowest BCUT2D eigenvalue weighted by Crippen LogP contribution is -2.50. The summed E-state index contributed by atoms with van der Waals surface area (Å²) in [5, 5.41) is 48.9. The Morgan fingerprint density at radius 3 is 1.60 bits per heavy atom. The molecule has 0 saturated carbocycles. The molecule has 16 heteroatoms. The monoisotopic (exact) mass is 569 g/mol. The number of amides is 1. The summed E-state index contributed by atoms with van der Waals surface area (Å²) in [7, 11) is 0. The van der Waals surface area contributed by atoms with Crippen LogP contribution in [-0.2, 0) is 35.2 Å². The summed E-state index contributed by atoms with van der Waals surface area (Å²) >= 11 is 0. The minimum atomic E-state index is -1.29. The number of aliphatic carboxylic acids is 5. The Bertz CT molecular complexity index is 1000. The van der Waals surface area contributed by atoms with Crippen LogP contribution in [-0.4, -0.2) is 141 Å². The third-order valence-electron chi connectivity index (χ3n) is 5.66. The molecule has 0 spiro atoms. The minimum absolute atomic E-state index is 0.0765. The molecule has 222 valence electrons. The van der Waals surface area contributed by atoms with Gasteiger partial charge in [0.2, 0.25) is 5.91 Å². The first-order valence-electron chi connectivity index (χ1n) is 12.2. The molecule has 1 atom stereocenters. The Hall–Kier alpha value is -4.12. The fourth-order valence-corrected chi connectivity index (χ4v) is 3.95. The van der Waals surface area contributed by atoms with E-state index in [1.807, 2.05) is 0 Å². The van der Waals surface area contributed by atoms with E-state index in [-0.39, 0.29) is 38.5 Å². The van der Waals surface area contributed by atoms with Gasteiger partial charge in [-0.15, -0.1) is 0 Å². The molecule has 1 aromatic rings. The molecule has 16 nitrogen and oxygen atoms in total. The van der Waals surface area contributed by atoms with Crippen molar-refractivity contribution >= 4 is 41.4 Å². The van der Waals surface area contributed by atoms with Crippen LogP contribution in [0.4, 0.5) is 5.69 Å². The molecule has 0 bridgehead atoms. The molecule has 0 aliphatic heterocycles. The highest BCUT2D eigenvalue weighted by Gasteiger charge is 2.27. The maximum atomic E-state index is 11.5. The number of hydrogen-bond donors (Lipinski definition) is 7. The molecule has 0 heterocycles. The molecule has 1 amide bonds. The normalized spacial score (nSPS) is 11.9. The van der Waals surface area contributed by atoms with Gasteiger partial charge >= 0.3 is 29.8 Å². The van der Waals surface area contributed by atoms with Gasteiger partial charge in [-0.2, -0.15) is 0 Å². The van der Waals surface area contributed by atoms with Crippen LogP contribution in [0, 0.1) is 0 Å². The molecule has 0 unspecified atom stereocenters. The fourth-order valence-electron chi connectivity index (χ4n) is 3.95. The summed E-state index contributed by atoms with van der Waals surface area (Å²) in [6, 6.07) is 5.95. The average Bonchev–Trinajstić information content (AvgIpc) is 2.83. The van der Waals surface area contributed by atoms with Crippen LogP contribution >= 0.6 is 0 Å². The maximum Gasteiger partial charge on any atom is 0.317 e. The zero-order valence-electron chi connectivity index (χ0n) is 21.8. The second-order valence-electron chi connectivity index (χ2n) is 8.96. The van der Waals surface area contributed by atoms with Gasteiger partial charge in [0.15, 0.2) is 0 Å². The van der Waals surface area contributed by atoms with Crippen molar-refractivity contribution in [1.29, 1.82) is 0 Å². The zero-order valence-corrected chi connectivity index (χ0v) is 21.8. The lowest BCUT2D eigenvalue weighted by atomic mass is 10.0. The number of anilines is 1. The van der Waals surface area contributed by atoms with Crippen LogP contribution in [0.5, 0.6) is 0 Å². The van der Waals surface area contributed by atoms with E-state index >= 15 is 0 Å². The van der Waals surface area contributed by atoms with Gasteiger partial charge in [0.25, 0.3) is 0 Å². The second-order valence-corrected chi connectivity index (χ2v) is 8.96. The molecule has 0 aromatic heterocycles. The molecular weight excluding hydrogens is 534 g/mol. The minimum Gasteiger partial charge on any atom is -0.480 e. The maximum absolute atomic E-state index is 11.5. The number of rotatable bonds is 21. The summed E-state index contributed by atoms with van der Waals surface area (Å²) in [5.41, 5.74) is 6.57. The van der Waals surface area contributed by atoms with E-state index in [1.54, 1.807) is 24.3 Å². The topological polar surface area (TPSA) is 251 Å². The third kappa shape index (κ3) is 14.7. The van der Waals surface area contributed by atoms with Crippen molar-refractivity contribution in [2.24, 2.45) is 5.73 Å². The molecular formula is C24H35N5O11. The molecule has 0 radical (unpaired) electrons. The molecule has 0 aliphatic carbocycles. The van der Waals surface area contributed by atoms with Crippen molar-refractivity contribution in [1.82, 2.24) is 14.7 Å². The van der Waals surface area contributed by atoms with Crippen molar-refractivity contribution < 1.29 is 54.3 Å². The number of nitrogens with one attached hydrogen (secondary N) is 1. The molecule has 0 saturated heterocycles. The van der Waals surface area contributed by atoms with Gasteiger partial charge in [0.05, 0.1) is 39.3 Å². The van der Waals surface area contributed by atoms with Gasteiger partial charge < -0.3 is 36.6 Å². The zero-order chi connectivity index (χ0) is 30.2. The highest BCUT2D eigenvalue weighted by atomic mass is 16.4. The van der Waals surface area contributed by atoms with E-state index in [4.69, 9.17) is 15.9 Å². The van der Waals surface area contributed by atoms with Gasteiger partial charge in [-0.3, -0.25) is 43.5 Å². The highest BCUT2D eigenvalue weighted by molar-refractivity contribution is 5.92. The molecule has 1 rings (SSSR count). The number of carbonyl (C=O) groups is 6. The summed E-state index contributed by atoms with van der Waals surface area (Å²) in [4.78, 5) is 71.9. The summed E-state index contributed by atoms with van der Waals surface area (Å²) in [6.07, 6.45) is 0.565. The van der Waals surface area contributed by atoms with Crippen LogP contribution in [0.1, 0.15) is 12.0 Å². The lowest BCUT2D eigenvalue weighted by molar-refractivity contribution is -0.144. The molecule has 1 aromatic carbocycles. The second kappa shape index (κ2) is 17.5. The Kier molecular flexibility index (Phi) is 14.8. The van der Waals surface area contributed by atoms with Crippen molar-refractivity contribution in [3.8, 4) is 0 Å². The fraction of sp³-hybridized carbons (Fsp3) is 0.500. The number of aryl methyl sites for hydroxylation is 1. The first kappa shape index (κ1) is 33.9. The summed E-state index contributed by atoms with van der Waals surface area (Å²) < 4.78 is 0. The molecule has 40 heavy (non-hydrogen) atoms. The van der Waals surface area contributed by atoms with Crippen LogP contribution in [0.15, 0.2) is 24.3 Å². The van der Waals surface area contributed by atoms with Crippen LogP contribution in [0.25, 0.3) is 0 Å². The van der Waals surface area contributed by atoms with Gasteiger partial charge in [0.1, 0.15) is 0 Å². The van der Waals surface area contributed by atoms with Crippen molar-refractivity contribution in [2.75, 3.05) is 64.2 Å². The molecule has 8 N–H and O–H groups in total. The number of benzene rings is 1. The summed E-state index contributed by atoms with van der Waals surface area (Å²) in [5.74, 6) is -6.73. The van der Waals surface area contributed by atoms with Gasteiger partial charge in [-0.05, 0) is 30.5 Å². The Morgan fingerprint density at radius 1 is 0.700 bits per heavy atom. The van der Waals surface area contributed by atoms with E-state index in [9.17, 15) is 44.1 Å². The van der Waals surface area contributed by atoms with Crippen LogP contribution < -0.4 is 11.1 Å². The van der Waals surface area contributed by atoms with Gasteiger partial charge in [-0.25, -0.2) is 0 Å². The van der Waals surface area contributed by atoms with E-state index in [0.29, 0.717) is 12.1 Å².